The van der Waals surface area contributed by atoms with E-state index in [1.807, 2.05) is 0 Å². The molecule has 0 aromatic carbocycles. The SMILES string of the molecule is C[P+](=O)C(C(=O)O)C(CC(=O)O)C(=O)O. The Bertz CT molecular complexity index is 296. The van der Waals surface area contributed by atoms with E-state index >= 15 is 0 Å². The Labute approximate surface area is 85.5 Å². The fourth-order valence-corrected chi connectivity index (χ4v) is 2.15. The van der Waals surface area contributed by atoms with Crippen LogP contribution in [0.2, 0.25) is 0 Å². The zero-order chi connectivity index (χ0) is 12.2. The van der Waals surface area contributed by atoms with Crippen molar-refractivity contribution in [2.45, 2.75) is 12.1 Å². The van der Waals surface area contributed by atoms with Gasteiger partial charge in [-0.3, -0.25) is 9.59 Å². The van der Waals surface area contributed by atoms with Crippen molar-refractivity contribution in [2.75, 3.05) is 6.66 Å². The number of aliphatic carboxylic acids is 3. The lowest BCUT2D eigenvalue weighted by molar-refractivity contribution is -0.151. The van der Waals surface area contributed by atoms with Crippen LogP contribution in [0.3, 0.4) is 0 Å². The van der Waals surface area contributed by atoms with Crippen LogP contribution in [0.25, 0.3) is 0 Å². The molecule has 0 aliphatic carbocycles. The maximum Gasteiger partial charge on any atom is 0.356 e. The molecule has 0 aromatic heterocycles. The van der Waals surface area contributed by atoms with Crippen LogP contribution >= 0.6 is 7.80 Å². The van der Waals surface area contributed by atoms with Gasteiger partial charge in [-0.1, -0.05) is 4.57 Å². The van der Waals surface area contributed by atoms with Gasteiger partial charge in [-0.05, 0) is 0 Å². The van der Waals surface area contributed by atoms with Gasteiger partial charge in [0.2, 0.25) is 0 Å². The van der Waals surface area contributed by atoms with Crippen LogP contribution in [-0.2, 0) is 18.9 Å². The lowest BCUT2D eigenvalue weighted by atomic mass is 10.0. The minimum Gasteiger partial charge on any atom is -0.481 e. The lowest BCUT2D eigenvalue weighted by Gasteiger charge is -2.09. The lowest BCUT2D eigenvalue weighted by Crippen LogP contribution is -2.34. The number of hydrogen-bond acceptors (Lipinski definition) is 4. The van der Waals surface area contributed by atoms with Gasteiger partial charge in [-0.15, -0.1) is 0 Å². The normalized spacial score (nSPS) is 15.1. The Morgan fingerprint density at radius 3 is 1.80 bits per heavy atom. The molecule has 0 radical (unpaired) electrons. The highest BCUT2D eigenvalue weighted by Gasteiger charge is 2.46. The van der Waals surface area contributed by atoms with E-state index in [2.05, 4.69) is 0 Å². The van der Waals surface area contributed by atoms with Crippen molar-refractivity contribution in [1.29, 1.82) is 0 Å². The number of hydrogen-bond donors (Lipinski definition) is 3. The first-order chi connectivity index (χ1) is 6.77. The van der Waals surface area contributed by atoms with E-state index in [-0.39, 0.29) is 0 Å². The van der Waals surface area contributed by atoms with Crippen LogP contribution in [0.4, 0.5) is 0 Å². The van der Waals surface area contributed by atoms with Crippen molar-refractivity contribution in [3.05, 3.63) is 0 Å². The van der Waals surface area contributed by atoms with Gasteiger partial charge in [0, 0.05) is 0 Å². The van der Waals surface area contributed by atoms with Crippen molar-refractivity contribution in [1.82, 2.24) is 0 Å². The largest absolute Gasteiger partial charge is 0.481 e. The molecule has 3 unspecified atom stereocenters. The highest BCUT2D eigenvalue weighted by molar-refractivity contribution is 7.45. The van der Waals surface area contributed by atoms with Crippen molar-refractivity contribution in [3.8, 4) is 0 Å². The first kappa shape index (κ1) is 13.5. The molecule has 0 bridgehead atoms. The molecule has 0 heterocycles. The summed E-state index contributed by atoms with van der Waals surface area (Å²) < 4.78 is 11.0. The van der Waals surface area contributed by atoms with Gasteiger partial charge in [0.05, 0.1) is 6.42 Å². The molecule has 3 atom stereocenters. The summed E-state index contributed by atoms with van der Waals surface area (Å²) in [5, 5.41) is 25.7. The zero-order valence-corrected chi connectivity index (χ0v) is 8.68. The Morgan fingerprint density at radius 2 is 1.60 bits per heavy atom. The van der Waals surface area contributed by atoms with Gasteiger partial charge in [0.15, 0.2) is 0 Å². The first-order valence-electron chi connectivity index (χ1n) is 3.84. The van der Waals surface area contributed by atoms with Crippen LogP contribution in [0.5, 0.6) is 0 Å². The van der Waals surface area contributed by atoms with Gasteiger partial charge in [-0.25, -0.2) is 4.79 Å². The monoisotopic (exact) mass is 237 g/mol. The summed E-state index contributed by atoms with van der Waals surface area (Å²) in [5.41, 5.74) is -1.67. The minimum atomic E-state index is -2.30. The minimum absolute atomic E-state index is 0.860. The average molecular weight is 237 g/mol. The fraction of sp³-hybridized carbons (Fsp3) is 0.571. The summed E-state index contributed by atoms with van der Waals surface area (Å²) in [7, 11) is -2.30. The van der Waals surface area contributed by atoms with Crippen LogP contribution in [-0.4, -0.2) is 45.6 Å². The van der Waals surface area contributed by atoms with Gasteiger partial charge >= 0.3 is 25.7 Å². The van der Waals surface area contributed by atoms with E-state index in [0.29, 0.717) is 0 Å². The molecule has 84 valence electrons. The highest BCUT2D eigenvalue weighted by Crippen LogP contribution is 2.31. The van der Waals surface area contributed by atoms with Crippen molar-refractivity contribution >= 4 is 25.7 Å². The Kier molecular flexibility index (Phi) is 4.87. The number of carbonyl (C=O) groups is 3. The average Bonchev–Trinajstić information content (AvgIpc) is 2.00. The molecule has 0 saturated heterocycles. The summed E-state index contributed by atoms with van der Waals surface area (Å²) in [5.74, 6) is -6.25. The molecule has 7 nitrogen and oxygen atoms in total. The molecule has 0 amide bonds. The van der Waals surface area contributed by atoms with Crippen LogP contribution < -0.4 is 0 Å². The number of carboxylic acids is 3. The van der Waals surface area contributed by atoms with Gasteiger partial charge in [0.1, 0.15) is 12.6 Å². The third kappa shape index (κ3) is 4.03. The van der Waals surface area contributed by atoms with Crippen LogP contribution in [0, 0.1) is 5.92 Å². The predicted octanol–water partition coefficient (Wildman–Crippen LogP) is 0.0723. The van der Waals surface area contributed by atoms with Crippen LogP contribution in [0.15, 0.2) is 0 Å². The third-order valence-electron chi connectivity index (χ3n) is 1.74. The van der Waals surface area contributed by atoms with E-state index in [9.17, 15) is 18.9 Å². The second-order valence-electron chi connectivity index (χ2n) is 2.87. The Morgan fingerprint density at radius 1 is 1.13 bits per heavy atom. The summed E-state index contributed by atoms with van der Waals surface area (Å²) in [6.45, 7) is 1.06. The molecular weight excluding hydrogens is 227 g/mol. The molecule has 3 N–H and O–H groups in total. The second-order valence-corrected chi connectivity index (χ2v) is 4.52. The first-order valence-corrected chi connectivity index (χ1v) is 5.62. The molecule has 15 heavy (non-hydrogen) atoms. The summed E-state index contributed by atoms with van der Waals surface area (Å²) in [4.78, 5) is 31.6. The van der Waals surface area contributed by atoms with Crippen LogP contribution in [0.1, 0.15) is 6.42 Å². The zero-order valence-electron chi connectivity index (χ0n) is 7.78. The standard InChI is InChI=1S/C7H9O7P/c1-15(14)5(7(12)13)3(6(10)11)2-4(8)9/h3,5H,2H2,1H3,(H2-,8,9,10,11,12,13)/p+1. The number of carboxylic acid groups (broad SMARTS) is 3. The van der Waals surface area contributed by atoms with E-state index in [0.717, 1.165) is 6.66 Å². The Balaban J connectivity index is 5.01. The molecule has 0 saturated carbocycles. The maximum absolute atomic E-state index is 11.0. The summed E-state index contributed by atoms with van der Waals surface area (Å²) in [6, 6.07) is 0. The summed E-state index contributed by atoms with van der Waals surface area (Å²) in [6.07, 6.45) is -0.860. The van der Waals surface area contributed by atoms with E-state index in [1.165, 1.54) is 0 Å². The predicted molar refractivity (Wildman–Crippen MR) is 48.3 cm³/mol. The molecule has 0 spiro atoms. The van der Waals surface area contributed by atoms with E-state index < -0.39 is 43.7 Å². The molecule has 8 heteroatoms. The smallest absolute Gasteiger partial charge is 0.356 e. The van der Waals surface area contributed by atoms with Gasteiger partial charge in [0.25, 0.3) is 5.66 Å². The molecule has 0 rings (SSSR count). The molecular formula is C7H10O7P+. The molecule has 0 aromatic rings. The number of rotatable bonds is 6. The fourth-order valence-electron chi connectivity index (χ4n) is 1.10. The van der Waals surface area contributed by atoms with Crippen molar-refractivity contribution in [2.24, 2.45) is 5.92 Å². The maximum atomic E-state index is 11.0. The quantitative estimate of drug-likeness (QED) is 0.557. The van der Waals surface area contributed by atoms with Crippen molar-refractivity contribution in [3.63, 3.8) is 0 Å². The topological polar surface area (TPSA) is 129 Å². The molecule has 0 fully saturated rings. The Hall–Kier alpha value is -1.49. The van der Waals surface area contributed by atoms with E-state index in [1.54, 1.807) is 0 Å². The molecule has 0 aliphatic heterocycles. The van der Waals surface area contributed by atoms with Gasteiger partial charge in [-0.2, -0.15) is 0 Å². The highest BCUT2D eigenvalue weighted by atomic mass is 31.1. The molecule has 0 aliphatic rings. The third-order valence-corrected chi connectivity index (χ3v) is 3.10. The van der Waals surface area contributed by atoms with Gasteiger partial charge < -0.3 is 15.3 Å². The second kappa shape index (κ2) is 5.41. The van der Waals surface area contributed by atoms with Crippen molar-refractivity contribution < 1.29 is 34.3 Å². The van der Waals surface area contributed by atoms with E-state index in [4.69, 9.17) is 15.3 Å². The summed E-state index contributed by atoms with van der Waals surface area (Å²) >= 11 is 0.